The molecule has 3 fully saturated rings. The summed E-state index contributed by atoms with van der Waals surface area (Å²) in [6.45, 7) is 0.348. The van der Waals surface area contributed by atoms with Gasteiger partial charge in [0.2, 0.25) is 15.8 Å². The van der Waals surface area contributed by atoms with Gasteiger partial charge in [0.15, 0.2) is 0 Å². The molecule has 0 bridgehead atoms. The molecule has 1 aromatic rings. The van der Waals surface area contributed by atoms with Gasteiger partial charge in [0.1, 0.15) is 11.6 Å². The highest BCUT2D eigenvalue weighted by molar-refractivity contribution is 7.88. The van der Waals surface area contributed by atoms with Crippen molar-refractivity contribution in [3.05, 3.63) is 11.9 Å². The maximum atomic E-state index is 15.0. The van der Waals surface area contributed by atoms with E-state index in [0.29, 0.717) is 25.7 Å². The van der Waals surface area contributed by atoms with Gasteiger partial charge in [-0.25, -0.2) is 27.2 Å². The summed E-state index contributed by atoms with van der Waals surface area (Å²) in [6.07, 6.45) is -1.90. The predicted molar refractivity (Wildman–Crippen MR) is 124 cm³/mol. The number of rotatable bonds is 5. The highest BCUT2D eigenvalue weighted by Gasteiger charge is 2.56. The van der Waals surface area contributed by atoms with Crippen LogP contribution in [0.25, 0.3) is 0 Å². The zero-order valence-electron chi connectivity index (χ0n) is 20.4. The Hall–Kier alpha value is -1.80. The summed E-state index contributed by atoms with van der Waals surface area (Å²) in [7, 11) is -1.91. The number of anilines is 2. The Morgan fingerprint density at radius 1 is 1.14 bits per heavy atom. The number of likely N-dealkylation sites (N-methyl/N-ethyl adjacent to an activating group) is 1. The molecule has 3 heterocycles. The monoisotopic (exact) mass is 541 g/mol. The number of piperidine rings is 1. The SMILES string of the molecule is CN(CC1CN(S(C)(=O)=O)CCO1)c1cc(N2CCC(F)(F)C3(CCCCC3)C2)nc(C(F)(F)F)n1. The van der Waals surface area contributed by atoms with Gasteiger partial charge in [-0.05, 0) is 12.8 Å². The molecule has 14 heteroatoms. The van der Waals surface area contributed by atoms with Crippen LogP contribution in [0.1, 0.15) is 44.3 Å². The summed E-state index contributed by atoms with van der Waals surface area (Å²) in [5, 5.41) is 0. The third-order valence-corrected chi connectivity index (χ3v) is 8.76. The van der Waals surface area contributed by atoms with E-state index in [1.165, 1.54) is 27.2 Å². The number of aromatic nitrogens is 2. The summed E-state index contributed by atoms with van der Waals surface area (Å²) < 4.78 is 102. The van der Waals surface area contributed by atoms with Crippen LogP contribution in [0, 0.1) is 5.41 Å². The van der Waals surface area contributed by atoms with Gasteiger partial charge in [0.25, 0.3) is 5.92 Å². The first kappa shape index (κ1) is 27.2. The van der Waals surface area contributed by atoms with Crippen molar-refractivity contribution < 1.29 is 35.1 Å². The molecule has 0 N–H and O–H groups in total. The molecule has 0 radical (unpaired) electrons. The zero-order chi connectivity index (χ0) is 26.4. The second kappa shape index (κ2) is 9.82. The van der Waals surface area contributed by atoms with Crippen molar-refractivity contribution >= 4 is 21.7 Å². The van der Waals surface area contributed by atoms with Crippen LogP contribution in [-0.4, -0.2) is 87.4 Å². The van der Waals surface area contributed by atoms with Crippen molar-refractivity contribution in [3.63, 3.8) is 0 Å². The van der Waals surface area contributed by atoms with Crippen LogP contribution in [-0.2, 0) is 20.9 Å². The van der Waals surface area contributed by atoms with Crippen LogP contribution in [0.15, 0.2) is 6.07 Å². The molecule has 4 rings (SSSR count). The number of halogens is 5. The topological polar surface area (TPSA) is 78.9 Å². The standard InChI is InChI=1S/C22H32F5N5O3S/c1-30(13-16-14-32(10-11-35-16)36(2,33)34)17-12-18(29-19(28-17)22(25,26)27)31-9-8-21(23,24)20(15-31)6-4-3-5-7-20/h12,16H,3-11,13-15H2,1-2H3. The lowest BCUT2D eigenvalue weighted by Crippen LogP contribution is -2.56. The summed E-state index contributed by atoms with van der Waals surface area (Å²) in [6, 6.07) is 1.38. The predicted octanol–water partition coefficient (Wildman–Crippen LogP) is 3.39. The van der Waals surface area contributed by atoms with Gasteiger partial charge < -0.3 is 14.5 Å². The van der Waals surface area contributed by atoms with E-state index >= 15 is 0 Å². The molecule has 1 aliphatic carbocycles. The quantitative estimate of drug-likeness (QED) is 0.529. The Labute approximate surface area is 207 Å². The van der Waals surface area contributed by atoms with Gasteiger partial charge in [0, 0.05) is 52.3 Å². The smallest absolute Gasteiger partial charge is 0.374 e. The van der Waals surface area contributed by atoms with Crippen molar-refractivity contribution in [1.29, 1.82) is 0 Å². The van der Waals surface area contributed by atoms with E-state index in [1.807, 2.05) is 0 Å². The number of hydrogen-bond acceptors (Lipinski definition) is 7. The van der Waals surface area contributed by atoms with Crippen molar-refractivity contribution in [2.45, 2.75) is 56.7 Å². The molecule has 0 aromatic carbocycles. The normalized spacial score (nSPS) is 25.2. The lowest BCUT2D eigenvalue weighted by molar-refractivity contribution is -0.150. The molecule has 2 aliphatic heterocycles. The summed E-state index contributed by atoms with van der Waals surface area (Å²) in [5.74, 6) is -4.31. The largest absolute Gasteiger partial charge is 0.451 e. The summed E-state index contributed by atoms with van der Waals surface area (Å²) in [4.78, 5) is 10.4. The van der Waals surface area contributed by atoms with Crippen molar-refractivity contribution in [2.24, 2.45) is 5.41 Å². The van der Waals surface area contributed by atoms with E-state index in [-0.39, 0.29) is 51.0 Å². The number of nitrogens with zero attached hydrogens (tertiary/aromatic N) is 5. The molecular formula is C22H32F5N5O3S. The van der Waals surface area contributed by atoms with Crippen LogP contribution >= 0.6 is 0 Å². The second-order valence-electron chi connectivity index (χ2n) is 10.1. The van der Waals surface area contributed by atoms with Crippen molar-refractivity contribution in [1.82, 2.24) is 14.3 Å². The molecule has 36 heavy (non-hydrogen) atoms. The number of morpholine rings is 1. The molecule has 1 spiro atoms. The highest BCUT2D eigenvalue weighted by Crippen LogP contribution is 2.53. The Kier molecular flexibility index (Phi) is 7.43. The minimum absolute atomic E-state index is 0.0394. The van der Waals surface area contributed by atoms with Gasteiger partial charge in [-0.3, -0.25) is 0 Å². The van der Waals surface area contributed by atoms with Crippen LogP contribution < -0.4 is 9.80 Å². The first-order valence-electron chi connectivity index (χ1n) is 12.1. The Morgan fingerprint density at radius 3 is 2.47 bits per heavy atom. The number of hydrogen-bond donors (Lipinski definition) is 0. The number of sulfonamides is 1. The molecule has 2 saturated heterocycles. The van der Waals surface area contributed by atoms with Gasteiger partial charge in [-0.15, -0.1) is 0 Å². The van der Waals surface area contributed by atoms with Crippen molar-refractivity contribution in [3.8, 4) is 0 Å². The zero-order valence-corrected chi connectivity index (χ0v) is 21.2. The third-order valence-electron chi connectivity index (χ3n) is 7.49. The van der Waals surface area contributed by atoms with Gasteiger partial charge in [-0.1, -0.05) is 19.3 Å². The average Bonchev–Trinajstić information content (AvgIpc) is 2.80. The fraction of sp³-hybridized carbons (Fsp3) is 0.818. The lowest BCUT2D eigenvalue weighted by Gasteiger charge is -2.50. The van der Waals surface area contributed by atoms with E-state index in [1.54, 1.807) is 0 Å². The molecule has 1 aromatic heterocycles. The second-order valence-corrected chi connectivity index (χ2v) is 12.1. The maximum absolute atomic E-state index is 15.0. The van der Waals surface area contributed by atoms with Crippen LogP contribution in [0.2, 0.25) is 0 Å². The molecule has 204 valence electrons. The molecule has 1 atom stereocenters. The Bertz CT molecular complexity index is 1050. The first-order valence-corrected chi connectivity index (χ1v) is 13.9. The molecule has 0 amide bonds. The van der Waals surface area contributed by atoms with E-state index in [0.717, 1.165) is 12.7 Å². The van der Waals surface area contributed by atoms with Crippen LogP contribution in [0.5, 0.6) is 0 Å². The Balaban J connectivity index is 1.59. The van der Waals surface area contributed by atoms with E-state index in [9.17, 15) is 30.4 Å². The summed E-state index contributed by atoms with van der Waals surface area (Å²) >= 11 is 0. The van der Waals surface area contributed by atoms with Crippen LogP contribution in [0.3, 0.4) is 0 Å². The molecule has 1 unspecified atom stereocenters. The Morgan fingerprint density at radius 2 is 1.83 bits per heavy atom. The van der Waals surface area contributed by atoms with Crippen LogP contribution in [0.4, 0.5) is 33.6 Å². The highest BCUT2D eigenvalue weighted by atomic mass is 32.2. The third kappa shape index (κ3) is 5.69. The molecule has 3 aliphatic rings. The average molecular weight is 542 g/mol. The first-order chi connectivity index (χ1) is 16.7. The van der Waals surface area contributed by atoms with Crippen molar-refractivity contribution in [2.75, 3.05) is 62.4 Å². The van der Waals surface area contributed by atoms with E-state index in [4.69, 9.17) is 4.74 Å². The van der Waals surface area contributed by atoms with Gasteiger partial charge in [0.05, 0.1) is 24.4 Å². The minimum Gasteiger partial charge on any atom is -0.374 e. The lowest BCUT2D eigenvalue weighted by atomic mass is 9.66. The fourth-order valence-corrected chi connectivity index (χ4v) is 6.30. The minimum atomic E-state index is -4.83. The maximum Gasteiger partial charge on any atom is 0.451 e. The fourth-order valence-electron chi connectivity index (χ4n) is 5.46. The molecular weight excluding hydrogens is 509 g/mol. The number of alkyl halides is 5. The van der Waals surface area contributed by atoms with Gasteiger partial charge >= 0.3 is 6.18 Å². The van der Waals surface area contributed by atoms with E-state index in [2.05, 4.69) is 9.97 Å². The molecule has 1 saturated carbocycles. The van der Waals surface area contributed by atoms with Gasteiger partial charge in [-0.2, -0.15) is 17.5 Å². The number of ether oxygens (including phenoxy) is 1. The van der Waals surface area contributed by atoms with E-state index < -0.39 is 45.9 Å². The summed E-state index contributed by atoms with van der Waals surface area (Å²) in [5.41, 5.74) is -1.27. The molecule has 8 nitrogen and oxygen atoms in total.